The van der Waals surface area contributed by atoms with Crippen molar-refractivity contribution in [3.05, 3.63) is 40.6 Å². The number of hydrogen-bond donors (Lipinski definition) is 3. The second-order valence-electron chi connectivity index (χ2n) is 7.83. The van der Waals surface area contributed by atoms with Gasteiger partial charge in [-0.15, -0.1) is 0 Å². The van der Waals surface area contributed by atoms with Crippen LogP contribution < -0.4 is 10.7 Å². The smallest absolute Gasteiger partial charge is 0.254 e. The largest absolute Gasteiger partial charge is 0.379 e. The molecule has 4 aliphatic rings. The maximum Gasteiger partial charge on any atom is 0.254 e. The van der Waals surface area contributed by atoms with E-state index < -0.39 is 5.92 Å². The lowest BCUT2D eigenvalue weighted by atomic mass is 9.93. The number of aliphatic imine (C=N–C) groups is 1. The molecule has 29 heavy (non-hydrogen) atoms. The van der Waals surface area contributed by atoms with Gasteiger partial charge in [-0.2, -0.15) is 5.10 Å². The highest BCUT2D eigenvalue weighted by Crippen LogP contribution is 2.30. The van der Waals surface area contributed by atoms with E-state index in [0.717, 1.165) is 57.1 Å². The van der Waals surface area contributed by atoms with Crippen LogP contribution in [-0.2, 0) is 28.9 Å². The standard InChI is InChI=1S/C21H26N6O2/c28-21-15(12-24-26-21)20-19(22-5-6-23-20)11-18-16(13-27-7-9-29-10-8-27)14-3-1-2-4-17(14)25-18/h5-6,11-12,15,22,25H,1-4,7-10,13H2,(H,26,28). The lowest BCUT2D eigenvalue weighted by Gasteiger charge is -2.27. The van der Waals surface area contributed by atoms with Crippen LogP contribution in [0.4, 0.5) is 0 Å². The van der Waals surface area contributed by atoms with Gasteiger partial charge in [0.2, 0.25) is 0 Å². The van der Waals surface area contributed by atoms with Crippen molar-refractivity contribution >= 4 is 23.9 Å². The Morgan fingerprint density at radius 1 is 1.24 bits per heavy atom. The fraction of sp³-hybridized carbons (Fsp3) is 0.476. The number of allylic oxidation sites excluding steroid dienone is 1. The van der Waals surface area contributed by atoms with Crippen molar-refractivity contribution in [1.82, 2.24) is 20.6 Å². The van der Waals surface area contributed by atoms with Gasteiger partial charge in [0, 0.05) is 49.6 Å². The van der Waals surface area contributed by atoms with Gasteiger partial charge in [-0.25, -0.2) is 5.43 Å². The highest BCUT2D eigenvalue weighted by atomic mass is 16.5. The molecule has 1 fully saturated rings. The molecule has 1 saturated heterocycles. The number of amides is 1. The Morgan fingerprint density at radius 3 is 2.93 bits per heavy atom. The van der Waals surface area contributed by atoms with Gasteiger partial charge in [0.05, 0.1) is 24.6 Å². The van der Waals surface area contributed by atoms with E-state index in [1.807, 2.05) is 0 Å². The van der Waals surface area contributed by atoms with Crippen molar-refractivity contribution in [3.63, 3.8) is 0 Å². The van der Waals surface area contributed by atoms with Crippen LogP contribution in [0.15, 0.2) is 28.2 Å². The summed E-state index contributed by atoms with van der Waals surface area (Å²) in [6.07, 6.45) is 11.9. The lowest BCUT2D eigenvalue weighted by Crippen LogP contribution is -2.36. The van der Waals surface area contributed by atoms with E-state index in [2.05, 4.69) is 36.8 Å². The summed E-state index contributed by atoms with van der Waals surface area (Å²) in [5.41, 5.74) is 9.34. The molecule has 1 aromatic heterocycles. The van der Waals surface area contributed by atoms with E-state index in [1.165, 1.54) is 29.7 Å². The molecule has 1 unspecified atom stereocenters. The van der Waals surface area contributed by atoms with Crippen LogP contribution in [0.1, 0.15) is 35.4 Å². The summed E-state index contributed by atoms with van der Waals surface area (Å²) in [7, 11) is 0. The number of fused-ring (bicyclic) bond motifs is 1. The van der Waals surface area contributed by atoms with Gasteiger partial charge in [-0.05, 0) is 42.9 Å². The predicted molar refractivity (Wildman–Crippen MR) is 111 cm³/mol. The number of rotatable bonds is 4. The van der Waals surface area contributed by atoms with Gasteiger partial charge in [0.15, 0.2) is 0 Å². The number of ether oxygens (including phenoxy) is 1. The van der Waals surface area contributed by atoms with Gasteiger partial charge in [-0.1, -0.05) is 0 Å². The quantitative estimate of drug-likeness (QED) is 0.718. The molecule has 4 heterocycles. The maximum atomic E-state index is 12.1. The molecule has 1 atom stereocenters. The first kappa shape index (κ1) is 18.3. The zero-order chi connectivity index (χ0) is 19.6. The highest BCUT2D eigenvalue weighted by Gasteiger charge is 2.30. The van der Waals surface area contributed by atoms with Crippen LogP contribution in [0.3, 0.4) is 0 Å². The molecule has 0 radical (unpaired) electrons. The molecule has 8 heteroatoms. The molecule has 0 aromatic carbocycles. The topological polar surface area (TPSA) is 94.1 Å². The Hall–Kier alpha value is -2.71. The fourth-order valence-electron chi connectivity index (χ4n) is 4.47. The fourth-order valence-corrected chi connectivity index (χ4v) is 4.47. The molecule has 3 N–H and O–H groups in total. The monoisotopic (exact) mass is 394 g/mol. The van der Waals surface area contributed by atoms with Crippen LogP contribution in [0.25, 0.3) is 6.08 Å². The SMILES string of the molecule is O=C1NN=CC1C1=NC=CNC1=Cc1[nH]c2c(c1CN1CCOCC1)CCCC2. The number of aryl methyl sites for hydroxylation is 1. The Morgan fingerprint density at radius 2 is 2.10 bits per heavy atom. The Kier molecular flexibility index (Phi) is 5.03. The van der Waals surface area contributed by atoms with Crippen molar-refractivity contribution in [2.45, 2.75) is 32.2 Å². The van der Waals surface area contributed by atoms with Gasteiger partial charge in [-0.3, -0.25) is 14.7 Å². The van der Waals surface area contributed by atoms with Gasteiger partial charge in [0.25, 0.3) is 5.91 Å². The van der Waals surface area contributed by atoms with Crippen molar-refractivity contribution in [2.75, 3.05) is 26.3 Å². The van der Waals surface area contributed by atoms with Crippen molar-refractivity contribution < 1.29 is 9.53 Å². The summed E-state index contributed by atoms with van der Waals surface area (Å²) in [4.78, 5) is 22.8. The molecule has 1 amide bonds. The van der Waals surface area contributed by atoms with E-state index in [1.54, 1.807) is 18.6 Å². The molecular weight excluding hydrogens is 368 g/mol. The zero-order valence-electron chi connectivity index (χ0n) is 16.4. The molecule has 8 nitrogen and oxygen atoms in total. The van der Waals surface area contributed by atoms with Crippen LogP contribution in [0.5, 0.6) is 0 Å². The second kappa shape index (κ2) is 7.96. The van der Waals surface area contributed by atoms with E-state index in [0.29, 0.717) is 5.71 Å². The van der Waals surface area contributed by atoms with Gasteiger partial charge >= 0.3 is 0 Å². The first-order valence-corrected chi connectivity index (χ1v) is 10.4. The minimum absolute atomic E-state index is 0.147. The minimum atomic E-state index is -0.467. The lowest BCUT2D eigenvalue weighted by molar-refractivity contribution is -0.120. The van der Waals surface area contributed by atoms with E-state index in [9.17, 15) is 4.79 Å². The normalized spacial score (nSPS) is 25.7. The maximum absolute atomic E-state index is 12.1. The number of carbonyl (C=O) groups is 1. The van der Waals surface area contributed by atoms with Crippen molar-refractivity contribution in [2.24, 2.45) is 16.0 Å². The number of aromatic nitrogens is 1. The number of H-pyrrole nitrogens is 1. The van der Waals surface area contributed by atoms with Crippen LogP contribution >= 0.6 is 0 Å². The van der Waals surface area contributed by atoms with Crippen LogP contribution in [0, 0.1) is 5.92 Å². The number of hydrazone groups is 1. The third-order valence-corrected chi connectivity index (χ3v) is 6.00. The first-order valence-electron chi connectivity index (χ1n) is 10.4. The summed E-state index contributed by atoms with van der Waals surface area (Å²) < 4.78 is 5.52. The molecule has 0 saturated carbocycles. The second-order valence-corrected chi connectivity index (χ2v) is 7.83. The third kappa shape index (κ3) is 3.65. The summed E-state index contributed by atoms with van der Waals surface area (Å²) >= 11 is 0. The minimum Gasteiger partial charge on any atom is -0.379 e. The van der Waals surface area contributed by atoms with Gasteiger partial charge < -0.3 is 15.0 Å². The molecule has 5 rings (SSSR count). The Bertz CT molecular complexity index is 920. The molecule has 1 aliphatic carbocycles. The molecule has 0 bridgehead atoms. The first-order chi connectivity index (χ1) is 14.3. The summed E-state index contributed by atoms with van der Waals surface area (Å²) in [6, 6.07) is 0. The summed E-state index contributed by atoms with van der Waals surface area (Å²) in [5, 5.41) is 7.18. The number of carbonyl (C=O) groups excluding carboxylic acids is 1. The van der Waals surface area contributed by atoms with E-state index >= 15 is 0 Å². The molecule has 1 aromatic rings. The third-order valence-electron chi connectivity index (χ3n) is 6.00. The predicted octanol–water partition coefficient (Wildman–Crippen LogP) is 1.31. The Balaban J connectivity index is 1.50. The molecule has 3 aliphatic heterocycles. The van der Waals surface area contributed by atoms with Crippen LogP contribution in [0.2, 0.25) is 0 Å². The van der Waals surface area contributed by atoms with Gasteiger partial charge in [0.1, 0.15) is 5.92 Å². The molecule has 152 valence electrons. The van der Waals surface area contributed by atoms with Crippen LogP contribution in [-0.4, -0.2) is 54.0 Å². The number of nitrogens with one attached hydrogen (secondary N) is 3. The molecular formula is C21H26N6O2. The number of morpholine rings is 1. The number of aromatic amines is 1. The highest BCUT2D eigenvalue weighted by molar-refractivity contribution is 6.24. The number of hydrogen-bond acceptors (Lipinski definition) is 6. The Labute approximate surface area is 169 Å². The van der Waals surface area contributed by atoms with E-state index in [-0.39, 0.29) is 5.91 Å². The molecule has 0 spiro atoms. The average Bonchev–Trinajstić information content (AvgIpc) is 3.33. The zero-order valence-corrected chi connectivity index (χ0v) is 16.4. The average molecular weight is 394 g/mol. The van der Waals surface area contributed by atoms with Crippen molar-refractivity contribution in [1.29, 1.82) is 0 Å². The summed E-state index contributed by atoms with van der Waals surface area (Å²) in [5.74, 6) is -0.614. The van der Waals surface area contributed by atoms with E-state index in [4.69, 9.17) is 4.74 Å². The summed E-state index contributed by atoms with van der Waals surface area (Å²) in [6.45, 7) is 4.43. The van der Waals surface area contributed by atoms with Crippen molar-refractivity contribution in [3.8, 4) is 0 Å². The number of nitrogens with zero attached hydrogens (tertiary/aromatic N) is 3.